The van der Waals surface area contributed by atoms with Crippen LogP contribution in [0.5, 0.6) is 23.0 Å². The van der Waals surface area contributed by atoms with E-state index in [-0.39, 0.29) is 29.4 Å². The zero-order valence-corrected chi connectivity index (χ0v) is 12.8. The van der Waals surface area contributed by atoms with Gasteiger partial charge in [-0.05, 0) is 30.3 Å². The number of aliphatic hydroxyl groups excluding tert-OH is 1. The summed E-state index contributed by atoms with van der Waals surface area (Å²) in [4.78, 5) is 11.0. The first-order valence-electron chi connectivity index (χ1n) is 7.22. The number of aromatic carboxylic acids is 1. The molecular formula is C17H16O7. The van der Waals surface area contributed by atoms with Crippen molar-refractivity contribution in [2.75, 3.05) is 13.7 Å². The standard InChI is InChI=1S/C17H16O7/c1-22-13-6-9(2-4-11(13)19)16-15(8-18)23-14-7-10(17(20)21)3-5-12(14)24-16/h2-7,15-16,18-19H,8H2,1H3,(H,20,21). The summed E-state index contributed by atoms with van der Waals surface area (Å²) in [6.07, 6.45) is -1.36. The number of rotatable bonds is 4. The number of aliphatic hydroxyl groups is 1. The number of carbonyl (C=O) groups is 1. The summed E-state index contributed by atoms with van der Waals surface area (Å²) in [7, 11) is 1.43. The highest BCUT2D eigenvalue weighted by molar-refractivity contribution is 5.88. The first-order chi connectivity index (χ1) is 11.5. The number of ether oxygens (including phenoxy) is 3. The molecule has 2 aromatic carbocycles. The number of phenolic OH excluding ortho intramolecular Hbond substituents is 1. The summed E-state index contributed by atoms with van der Waals surface area (Å²) in [6, 6.07) is 8.99. The van der Waals surface area contributed by atoms with Crippen LogP contribution in [0.1, 0.15) is 22.0 Å². The number of hydrogen-bond donors (Lipinski definition) is 3. The van der Waals surface area contributed by atoms with Gasteiger partial charge in [0.1, 0.15) is 0 Å². The van der Waals surface area contributed by atoms with Gasteiger partial charge in [0.25, 0.3) is 0 Å². The molecule has 0 aromatic heterocycles. The molecule has 0 saturated carbocycles. The van der Waals surface area contributed by atoms with Gasteiger partial charge < -0.3 is 29.5 Å². The molecule has 1 heterocycles. The second-order valence-electron chi connectivity index (χ2n) is 5.28. The van der Waals surface area contributed by atoms with Crippen molar-refractivity contribution in [3.8, 4) is 23.0 Å². The Hall–Kier alpha value is -2.93. The molecule has 126 valence electrons. The third-order valence-corrected chi connectivity index (χ3v) is 3.77. The Morgan fingerprint density at radius 2 is 1.96 bits per heavy atom. The molecule has 2 aromatic rings. The van der Waals surface area contributed by atoms with Crippen molar-refractivity contribution in [2.45, 2.75) is 12.2 Å². The number of carboxylic acid groups (broad SMARTS) is 1. The third kappa shape index (κ3) is 2.81. The van der Waals surface area contributed by atoms with E-state index in [1.807, 2.05) is 0 Å². The fourth-order valence-electron chi connectivity index (χ4n) is 2.56. The number of carboxylic acids is 1. The Morgan fingerprint density at radius 3 is 2.62 bits per heavy atom. The maximum atomic E-state index is 11.0. The zero-order valence-electron chi connectivity index (χ0n) is 12.8. The monoisotopic (exact) mass is 332 g/mol. The van der Waals surface area contributed by atoms with Crippen LogP contribution in [0.15, 0.2) is 36.4 Å². The number of fused-ring (bicyclic) bond motifs is 1. The molecule has 0 spiro atoms. The third-order valence-electron chi connectivity index (χ3n) is 3.77. The Morgan fingerprint density at radius 1 is 1.17 bits per heavy atom. The van der Waals surface area contributed by atoms with Crippen LogP contribution in [0.3, 0.4) is 0 Å². The molecular weight excluding hydrogens is 316 g/mol. The Labute approximate surface area is 137 Å². The van der Waals surface area contributed by atoms with E-state index in [1.165, 1.54) is 31.4 Å². The van der Waals surface area contributed by atoms with E-state index in [0.717, 1.165) is 0 Å². The van der Waals surface area contributed by atoms with Gasteiger partial charge in [0, 0.05) is 5.56 Å². The van der Waals surface area contributed by atoms with Crippen LogP contribution in [0, 0.1) is 0 Å². The highest BCUT2D eigenvalue weighted by Crippen LogP contribution is 2.41. The summed E-state index contributed by atoms with van der Waals surface area (Å²) in [5, 5.41) is 28.3. The van der Waals surface area contributed by atoms with Gasteiger partial charge in [-0.15, -0.1) is 0 Å². The van der Waals surface area contributed by atoms with Crippen molar-refractivity contribution in [3.63, 3.8) is 0 Å². The van der Waals surface area contributed by atoms with E-state index in [4.69, 9.17) is 19.3 Å². The van der Waals surface area contributed by atoms with Gasteiger partial charge in [-0.25, -0.2) is 4.79 Å². The molecule has 2 unspecified atom stereocenters. The minimum atomic E-state index is -1.08. The molecule has 7 heteroatoms. The predicted molar refractivity (Wildman–Crippen MR) is 82.9 cm³/mol. The highest BCUT2D eigenvalue weighted by Gasteiger charge is 2.33. The van der Waals surface area contributed by atoms with Crippen molar-refractivity contribution in [2.24, 2.45) is 0 Å². The smallest absolute Gasteiger partial charge is 0.335 e. The van der Waals surface area contributed by atoms with Gasteiger partial charge in [-0.2, -0.15) is 0 Å². The lowest BCUT2D eigenvalue weighted by atomic mass is 10.0. The van der Waals surface area contributed by atoms with Gasteiger partial charge in [0.2, 0.25) is 0 Å². The van der Waals surface area contributed by atoms with Crippen molar-refractivity contribution >= 4 is 5.97 Å². The van der Waals surface area contributed by atoms with E-state index < -0.39 is 18.2 Å². The molecule has 0 bridgehead atoms. The molecule has 3 rings (SSSR count). The Balaban J connectivity index is 1.97. The highest BCUT2D eigenvalue weighted by atomic mass is 16.6. The van der Waals surface area contributed by atoms with Crippen molar-refractivity contribution in [3.05, 3.63) is 47.5 Å². The lowest BCUT2D eigenvalue weighted by Crippen LogP contribution is -2.36. The number of phenols is 1. The Kier molecular flexibility index (Phi) is 4.18. The van der Waals surface area contributed by atoms with E-state index in [1.54, 1.807) is 12.1 Å². The predicted octanol–water partition coefficient (Wildman–Crippen LogP) is 1.97. The van der Waals surface area contributed by atoms with Crippen LogP contribution in [0.2, 0.25) is 0 Å². The molecule has 7 nitrogen and oxygen atoms in total. The topological polar surface area (TPSA) is 105 Å². The van der Waals surface area contributed by atoms with Crippen LogP contribution < -0.4 is 14.2 Å². The van der Waals surface area contributed by atoms with Gasteiger partial charge in [0.15, 0.2) is 35.2 Å². The maximum absolute atomic E-state index is 11.0. The number of aromatic hydroxyl groups is 1. The Bertz CT molecular complexity index is 772. The first kappa shape index (κ1) is 15.9. The average molecular weight is 332 g/mol. The number of hydrogen-bond acceptors (Lipinski definition) is 6. The summed E-state index contributed by atoms with van der Waals surface area (Å²) < 4.78 is 16.7. The van der Waals surface area contributed by atoms with Crippen LogP contribution in [0.25, 0.3) is 0 Å². The van der Waals surface area contributed by atoms with Crippen LogP contribution in [0.4, 0.5) is 0 Å². The van der Waals surface area contributed by atoms with Gasteiger partial charge in [-0.3, -0.25) is 0 Å². The molecule has 2 atom stereocenters. The van der Waals surface area contributed by atoms with E-state index >= 15 is 0 Å². The van der Waals surface area contributed by atoms with E-state index in [2.05, 4.69) is 0 Å². The largest absolute Gasteiger partial charge is 0.504 e. The maximum Gasteiger partial charge on any atom is 0.335 e. The number of benzene rings is 2. The first-order valence-corrected chi connectivity index (χ1v) is 7.22. The minimum absolute atomic E-state index is 0.00923. The molecule has 0 saturated heterocycles. The van der Waals surface area contributed by atoms with Crippen molar-refractivity contribution in [1.29, 1.82) is 0 Å². The number of methoxy groups -OCH3 is 1. The normalized spacial score (nSPS) is 18.9. The molecule has 0 aliphatic carbocycles. The van der Waals surface area contributed by atoms with Gasteiger partial charge in [-0.1, -0.05) is 6.07 Å². The minimum Gasteiger partial charge on any atom is -0.504 e. The molecule has 1 aliphatic heterocycles. The summed E-state index contributed by atoms with van der Waals surface area (Å²) in [5.74, 6) is -0.171. The quantitative estimate of drug-likeness (QED) is 0.786. The average Bonchev–Trinajstić information content (AvgIpc) is 2.60. The van der Waals surface area contributed by atoms with Gasteiger partial charge in [0.05, 0.1) is 19.3 Å². The molecule has 1 aliphatic rings. The molecule has 0 radical (unpaired) electrons. The molecule has 24 heavy (non-hydrogen) atoms. The van der Waals surface area contributed by atoms with Crippen LogP contribution >= 0.6 is 0 Å². The SMILES string of the molecule is COc1cc(C2Oc3ccc(C(=O)O)cc3OC2CO)ccc1O. The molecule has 0 fully saturated rings. The van der Waals surface area contributed by atoms with E-state index in [9.17, 15) is 15.0 Å². The summed E-state index contributed by atoms with van der Waals surface area (Å²) >= 11 is 0. The fraction of sp³-hybridized carbons (Fsp3) is 0.235. The zero-order chi connectivity index (χ0) is 17.3. The lowest BCUT2D eigenvalue weighted by molar-refractivity contribution is -0.0124. The van der Waals surface area contributed by atoms with Crippen molar-refractivity contribution < 1.29 is 34.3 Å². The van der Waals surface area contributed by atoms with E-state index in [0.29, 0.717) is 11.3 Å². The molecule has 0 amide bonds. The van der Waals surface area contributed by atoms with Gasteiger partial charge >= 0.3 is 5.97 Å². The summed E-state index contributed by atoms with van der Waals surface area (Å²) in [6.45, 7) is -0.329. The summed E-state index contributed by atoms with van der Waals surface area (Å²) in [5.41, 5.74) is 0.718. The lowest BCUT2D eigenvalue weighted by Gasteiger charge is -2.33. The molecule has 3 N–H and O–H groups in total. The van der Waals surface area contributed by atoms with Crippen molar-refractivity contribution in [1.82, 2.24) is 0 Å². The van der Waals surface area contributed by atoms with Crippen LogP contribution in [-0.2, 0) is 0 Å². The fourth-order valence-corrected chi connectivity index (χ4v) is 2.56. The van der Waals surface area contributed by atoms with Crippen LogP contribution in [-0.4, -0.2) is 41.1 Å². The second kappa shape index (κ2) is 6.29. The second-order valence-corrected chi connectivity index (χ2v) is 5.28.